The lowest BCUT2D eigenvalue weighted by Gasteiger charge is -2.09. The maximum absolute atomic E-state index is 12.2. The Morgan fingerprint density at radius 2 is 2.26 bits per heavy atom. The first kappa shape index (κ1) is 14.8. The van der Waals surface area contributed by atoms with Gasteiger partial charge in [-0.15, -0.1) is 0 Å². The summed E-state index contributed by atoms with van der Waals surface area (Å²) in [6, 6.07) is 7.48. The SMILES string of the molecule is O=C(NCC(O)c1ccco1)c1c[nH]c2ccc([N+](=O)[O-])cc12. The van der Waals surface area contributed by atoms with E-state index in [1.54, 1.807) is 18.2 Å². The lowest BCUT2D eigenvalue weighted by atomic mass is 10.1. The molecule has 0 aliphatic rings. The summed E-state index contributed by atoms with van der Waals surface area (Å²) >= 11 is 0. The Morgan fingerprint density at radius 3 is 2.96 bits per heavy atom. The van der Waals surface area contributed by atoms with Gasteiger partial charge in [-0.1, -0.05) is 0 Å². The molecule has 1 amide bonds. The smallest absolute Gasteiger partial charge is 0.270 e. The standard InChI is InChI=1S/C15H13N3O5/c19-13(14-2-1-5-23-14)8-17-15(20)11-7-16-12-4-3-9(18(21)22)6-10(11)12/h1-7,13,16,19H,8H2,(H,17,20). The molecule has 3 aromatic rings. The van der Waals surface area contributed by atoms with Crippen molar-refractivity contribution >= 4 is 22.5 Å². The number of aromatic amines is 1. The predicted octanol–water partition coefficient (Wildman–Crippen LogP) is 2.13. The number of carbonyl (C=O) groups is 1. The predicted molar refractivity (Wildman–Crippen MR) is 81.0 cm³/mol. The number of nitrogens with zero attached hydrogens (tertiary/aromatic N) is 1. The van der Waals surface area contributed by atoms with Gasteiger partial charge in [0.1, 0.15) is 11.9 Å². The van der Waals surface area contributed by atoms with Crippen LogP contribution in [0.2, 0.25) is 0 Å². The van der Waals surface area contributed by atoms with Crippen LogP contribution >= 0.6 is 0 Å². The first-order chi connectivity index (χ1) is 11.1. The molecule has 0 aliphatic heterocycles. The first-order valence-corrected chi connectivity index (χ1v) is 6.81. The lowest BCUT2D eigenvalue weighted by molar-refractivity contribution is -0.384. The zero-order valence-corrected chi connectivity index (χ0v) is 11.9. The van der Waals surface area contributed by atoms with Crippen LogP contribution in [0.15, 0.2) is 47.2 Å². The number of nitro benzene ring substituents is 1. The number of aliphatic hydroxyl groups is 1. The lowest BCUT2D eigenvalue weighted by Crippen LogP contribution is -2.28. The van der Waals surface area contributed by atoms with Crippen molar-refractivity contribution < 1.29 is 19.2 Å². The number of rotatable bonds is 5. The summed E-state index contributed by atoms with van der Waals surface area (Å²) in [5.41, 5.74) is 0.796. The minimum Gasteiger partial charge on any atom is -0.467 e. The number of H-pyrrole nitrogens is 1. The summed E-state index contributed by atoms with van der Waals surface area (Å²) in [5, 5.41) is 23.7. The molecule has 8 nitrogen and oxygen atoms in total. The van der Waals surface area contributed by atoms with E-state index < -0.39 is 16.9 Å². The monoisotopic (exact) mass is 315 g/mol. The molecule has 3 rings (SSSR count). The van der Waals surface area contributed by atoms with E-state index in [0.29, 0.717) is 16.7 Å². The van der Waals surface area contributed by atoms with Crippen molar-refractivity contribution in [3.8, 4) is 0 Å². The molecule has 118 valence electrons. The second-order valence-electron chi connectivity index (χ2n) is 4.93. The molecule has 0 spiro atoms. The number of benzene rings is 1. The molecule has 0 bridgehead atoms. The van der Waals surface area contributed by atoms with Crippen LogP contribution in [0.4, 0.5) is 5.69 Å². The number of hydrogen-bond donors (Lipinski definition) is 3. The van der Waals surface area contributed by atoms with E-state index in [1.165, 1.54) is 24.6 Å². The van der Waals surface area contributed by atoms with E-state index in [4.69, 9.17) is 4.42 Å². The van der Waals surface area contributed by atoms with Crippen molar-refractivity contribution in [2.24, 2.45) is 0 Å². The van der Waals surface area contributed by atoms with Crippen molar-refractivity contribution in [1.29, 1.82) is 0 Å². The average molecular weight is 315 g/mol. The Labute approximate surface area is 129 Å². The van der Waals surface area contributed by atoms with Crippen molar-refractivity contribution in [3.63, 3.8) is 0 Å². The molecule has 3 N–H and O–H groups in total. The Balaban J connectivity index is 1.78. The van der Waals surface area contributed by atoms with Crippen molar-refractivity contribution in [3.05, 3.63) is 64.2 Å². The molecule has 8 heteroatoms. The van der Waals surface area contributed by atoms with Gasteiger partial charge in [-0.05, 0) is 18.2 Å². The Bertz CT molecular complexity index is 853. The summed E-state index contributed by atoms with van der Waals surface area (Å²) in [6.07, 6.45) is 1.94. The number of hydrogen-bond acceptors (Lipinski definition) is 5. The molecule has 0 radical (unpaired) electrons. The number of aromatic nitrogens is 1. The highest BCUT2D eigenvalue weighted by Gasteiger charge is 2.17. The number of carbonyl (C=O) groups excluding carboxylic acids is 1. The van der Waals surface area contributed by atoms with Crippen LogP contribution < -0.4 is 5.32 Å². The van der Waals surface area contributed by atoms with Crippen LogP contribution in [0.3, 0.4) is 0 Å². The molecule has 1 aromatic carbocycles. The zero-order valence-electron chi connectivity index (χ0n) is 11.9. The molecule has 0 fully saturated rings. The fraction of sp³-hybridized carbons (Fsp3) is 0.133. The van der Waals surface area contributed by atoms with Gasteiger partial charge in [-0.25, -0.2) is 0 Å². The zero-order chi connectivity index (χ0) is 16.4. The summed E-state index contributed by atoms with van der Waals surface area (Å²) in [6.45, 7) is -0.0338. The largest absolute Gasteiger partial charge is 0.467 e. The van der Waals surface area contributed by atoms with Crippen LogP contribution in [0.1, 0.15) is 22.2 Å². The number of fused-ring (bicyclic) bond motifs is 1. The van der Waals surface area contributed by atoms with Crippen molar-refractivity contribution in [2.75, 3.05) is 6.54 Å². The van der Waals surface area contributed by atoms with Gasteiger partial charge in [0.2, 0.25) is 0 Å². The fourth-order valence-corrected chi connectivity index (χ4v) is 2.28. The molecular weight excluding hydrogens is 302 g/mol. The molecular formula is C15H13N3O5. The number of aliphatic hydroxyl groups excluding tert-OH is 1. The maximum atomic E-state index is 12.2. The molecule has 1 unspecified atom stereocenters. The van der Waals surface area contributed by atoms with E-state index >= 15 is 0 Å². The number of nitrogens with one attached hydrogen (secondary N) is 2. The van der Waals surface area contributed by atoms with Crippen LogP contribution in [-0.2, 0) is 0 Å². The third-order valence-electron chi connectivity index (χ3n) is 3.45. The summed E-state index contributed by atoms with van der Waals surface area (Å²) in [4.78, 5) is 25.4. The van der Waals surface area contributed by atoms with Crippen LogP contribution in [0.25, 0.3) is 10.9 Å². The van der Waals surface area contributed by atoms with Gasteiger partial charge in [-0.3, -0.25) is 14.9 Å². The molecule has 1 atom stereocenters. The van der Waals surface area contributed by atoms with Gasteiger partial charge in [0.15, 0.2) is 0 Å². The van der Waals surface area contributed by atoms with Gasteiger partial charge in [0, 0.05) is 29.2 Å². The summed E-state index contributed by atoms with van der Waals surface area (Å²) in [5.74, 6) is -0.0952. The molecule has 0 saturated heterocycles. The average Bonchev–Trinajstić information content (AvgIpc) is 3.20. The number of amides is 1. The van der Waals surface area contributed by atoms with Crippen LogP contribution in [-0.4, -0.2) is 27.5 Å². The van der Waals surface area contributed by atoms with Gasteiger partial charge < -0.3 is 19.8 Å². The maximum Gasteiger partial charge on any atom is 0.270 e. The molecule has 23 heavy (non-hydrogen) atoms. The highest BCUT2D eigenvalue weighted by atomic mass is 16.6. The number of nitro groups is 1. The molecule has 2 aromatic heterocycles. The molecule has 0 saturated carbocycles. The van der Waals surface area contributed by atoms with Gasteiger partial charge in [0.25, 0.3) is 11.6 Å². The minimum atomic E-state index is -0.964. The van der Waals surface area contributed by atoms with E-state index in [1.807, 2.05) is 0 Å². The highest BCUT2D eigenvalue weighted by Crippen LogP contribution is 2.23. The van der Waals surface area contributed by atoms with E-state index in [9.17, 15) is 20.0 Å². The minimum absolute atomic E-state index is 0.0338. The molecule has 0 aliphatic carbocycles. The van der Waals surface area contributed by atoms with Gasteiger partial charge in [-0.2, -0.15) is 0 Å². The highest BCUT2D eigenvalue weighted by molar-refractivity contribution is 6.07. The first-order valence-electron chi connectivity index (χ1n) is 6.81. The van der Waals surface area contributed by atoms with Gasteiger partial charge >= 0.3 is 0 Å². The van der Waals surface area contributed by atoms with E-state index in [0.717, 1.165) is 0 Å². The molecule has 2 heterocycles. The topological polar surface area (TPSA) is 121 Å². The number of non-ortho nitro benzene ring substituents is 1. The second-order valence-corrected chi connectivity index (χ2v) is 4.93. The third-order valence-corrected chi connectivity index (χ3v) is 3.45. The Morgan fingerprint density at radius 1 is 1.43 bits per heavy atom. The normalized spacial score (nSPS) is 12.2. The van der Waals surface area contributed by atoms with Crippen molar-refractivity contribution in [1.82, 2.24) is 10.3 Å². The van der Waals surface area contributed by atoms with Gasteiger partial charge in [0.05, 0.1) is 23.3 Å². The summed E-state index contributed by atoms with van der Waals surface area (Å²) in [7, 11) is 0. The van der Waals surface area contributed by atoms with Crippen molar-refractivity contribution in [2.45, 2.75) is 6.10 Å². The Kier molecular flexibility index (Phi) is 3.82. The third kappa shape index (κ3) is 2.92. The Hall–Kier alpha value is -3.13. The summed E-state index contributed by atoms with van der Waals surface area (Å²) < 4.78 is 5.05. The number of furan rings is 1. The quantitative estimate of drug-likeness (QED) is 0.492. The second kappa shape index (κ2) is 5.93. The van der Waals surface area contributed by atoms with E-state index in [-0.39, 0.29) is 17.8 Å². The van der Waals surface area contributed by atoms with Crippen LogP contribution in [0, 0.1) is 10.1 Å². The van der Waals surface area contributed by atoms with Crippen LogP contribution in [0.5, 0.6) is 0 Å². The van der Waals surface area contributed by atoms with E-state index in [2.05, 4.69) is 10.3 Å². The fourth-order valence-electron chi connectivity index (χ4n) is 2.28.